The molecule has 0 radical (unpaired) electrons. The molecule has 2 aromatic carbocycles. The van der Waals surface area contributed by atoms with Gasteiger partial charge in [0.2, 0.25) is 5.91 Å². The molecule has 1 saturated heterocycles. The highest BCUT2D eigenvalue weighted by molar-refractivity contribution is 6.34. The van der Waals surface area contributed by atoms with Crippen LogP contribution in [0.25, 0.3) is 0 Å². The highest BCUT2D eigenvalue weighted by Crippen LogP contribution is 2.29. The van der Waals surface area contributed by atoms with Gasteiger partial charge in [-0.15, -0.1) is 0 Å². The molecule has 190 valence electrons. The summed E-state index contributed by atoms with van der Waals surface area (Å²) in [4.78, 5) is 30.7. The third-order valence-electron chi connectivity index (χ3n) is 6.94. The van der Waals surface area contributed by atoms with Gasteiger partial charge < -0.3 is 16.0 Å². The van der Waals surface area contributed by atoms with E-state index in [0.717, 1.165) is 24.5 Å². The molecule has 0 bridgehead atoms. The molecule has 0 spiro atoms. The van der Waals surface area contributed by atoms with Crippen LogP contribution >= 0.6 is 11.6 Å². The Kier molecular flexibility index (Phi) is 7.73. The third-order valence-corrected chi connectivity index (χ3v) is 7.25. The lowest BCUT2D eigenvalue weighted by Gasteiger charge is -2.36. The summed E-state index contributed by atoms with van der Waals surface area (Å²) in [5, 5.41) is 3.21. The van der Waals surface area contributed by atoms with Gasteiger partial charge in [-0.1, -0.05) is 17.7 Å². The number of nitrogens with one attached hydrogen (secondary N) is 1. The molecule has 2 heterocycles. The fraction of sp³-hybridized carbons (Fsp3) is 0.370. The van der Waals surface area contributed by atoms with Gasteiger partial charge in [-0.05, 0) is 61.9 Å². The second-order valence-corrected chi connectivity index (χ2v) is 9.72. The van der Waals surface area contributed by atoms with Crippen LogP contribution in [-0.2, 0) is 11.2 Å². The number of nitrogens with two attached hydrogens (primary N) is 1. The minimum absolute atomic E-state index is 0.0894. The van der Waals surface area contributed by atoms with Crippen molar-refractivity contribution in [2.24, 2.45) is 16.6 Å². The summed E-state index contributed by atoms with van der Waals surface area (Å²) >= 11 is 6.51. The monoisotopic (exact) mass is 514 g/mol. The minimum Gasteiger partial charge on any atom is -0.400 e. The van der Waals surface area contributed by atoms with Crippen LogP contribution < -0.4 is 11.1 Å². The molecule has 0 aromatic heterocycles. The van der Waals surface area contributed by atoms with Crippen LogP contribution in [-0.4, -0.2) is 48.6 Å². The first-order chi connectivity index (χ1) is 17.2. The van der Waals surface area contributed by atoms with Crippen molar-refractivity contribution in [2.75, 3.05) is 20.1 Å². The Morgan fingerprint density at radius 2 is 1.94 bits per heavy atom. The fourth-order valence-electron chi connectivity index (χ4n) is 4.93. The number of aryl methyl sites for hydroxylation is 1. The molecule has 4 rings (SSSR count). The lowest BCUT2D eigenvalue weighted by Crippen LogP contribution is -2.46. The van der Waals surface area contributed by atoms with E-state index in [-0.39, 0.29) is 11.8 Å². The van der Waals surface area contributed by atoms with Crippen LogP contribution in [0.1, 0.15) is 47.7 Å². The highest BCUT2D eigenvalue weighted by Gasteiger charge is 2.32. The van der Waals surface area contributed by atoms with Gasteiger partial charge in [-0.25, -0.2) is 8.78 Å². The molecule has 2 aliphatic rings. The molecule has 0 saturated carbocycles. The van der Waals surface area contributed by atoms with Crippen molar-refractivity contribution in [3.8, 4) is 0 Å². The van der Waals surface area contributed by atoms with E-state index in [9.17, 15) is 18.4 Å². The predicted molar refractivity (Wildman–Crippen MR) is 136 cm³/mol. The number of amides is 2. The smallest absolute Gasteiger partial charge is 0.255 e. The number of aliphatic imine (C=N–C) groups is 1. The molecular formula is C27H29ClF2N4O2. The van der Waals surface area contributed by atoms with Crippen molar-refractivity contribution in [1.82, 2.24) is 10.2 Å². The maximum atomic E-state index is 13.8. The van der Waals surface area contributed by atoms with Crippen molar-refractivity contribution in [3.63, 3.8) is 0 Å². The summed E-state index contributed by atoms with van der Waals surface area (Å²) in [5.41, 5.74) is 9.64. The van der Waals surface area contributed by atoms with Crippen molar-refractivity contribution in [2.45, 2.75) is 38.6 Å². The molecule has 0 aliphatic carbocycles. The van der Waals surface area contributed by atoms with Crippen LogP contribution in [0, 0.1) is 17.6 Å². The Balaban J connectivity index is 1.50. The first kappa shape index (κ1) is 25.8. The zero-order valence-corrected chi connectivity index (χ0v) is 21.0. The Morgan fingerprint density at radius 3 is 2.56 bits per heavy atom. The number of rotatable bonds is 6. The Hall–Kier alpha value is -3.26. The van der Waals surface area contributed by atoms with Crippen LogP contribution in [0.3, 0.4) is 0 Å². The first-order valence-corrected chi connectivity index (χ1v) is 12.3. The van der Waals surface area contributed by atoms with Crippen LogP contribution in [0.5, 0.6) is 0 Å². The van der Waals surface area contributed by atoms with Crippen molar-refractivity contribution in [3.05, 3.63) is 81.0 Å². The molecule has 2 aliphatic heterocycles. The predicted octanol–water partition coefficient (Wildman–Crippen LogP) is 4.25. The summed E-state index contributed by atoms with van der Waals surface area (Å²) < 4.78 is 27.6. The van der Waals surface area contributed by atoms with Crippen LogP contribution in [0.2, 0.25) is 5.02 Å². The second-order valence-electron chi connectivity index (χ2n) is 9.32. The van der Waals surface area contributed by atoms with Crippen LogP contribution in [0.15, 0.2) is 52.7 Å². The summed E-state index contributed by atoms with van der Waals surface area (Å²) in [6.45, 7) is 2.87. The highest BCUT2D eigenvalue weighted by atomic mass is 35.5. The molecule has 2 aromatic rings. The van der Waals surface area contributed by atoms with Crippen molar-refractivity contribution < 1.29 is 18.4 Å². The molecule has 9 heteroatoms. The second kappa shape index (κ2) is 10.8. The van der Waals surface area contributed by atoms with Gasteiger partial charge in [0.05, 0.1) is 22.3 Å². The van der Waals surface area contributed by atoms with Gasteiger partial charge in [-0.3, -0.25) is 14.6 Å². The summed E-state index contributed by atoms with van der Waals surface area (Å²) in [5.74, 6) is -1.23. The van der Waals surface area contributed by atoms with E-state index in [1.54, 1.807) is 24.1 Å². The van der Waals surface area contributed by atoms with Gasteiger partial charge in [0, 0.05) is 49.5 Å². The third kappa shape index (κ3) is 5.43. The maximum Gasteiger partial charge on any atom is 0.255 e. The van der Waals surface area contributed by atoms with E-state index in [1.165, 1.54) is 12.1 Å². The number of benzene rings is 2. The van der Waals surface area contributed by atoms with E-state index in [0.29, 0.717) is 65.0 Å². The number of halogens is 3. The summed E-state index contributed by atoms with van der Waals surface area (Å²) in [7, 11) is 1.54. The molecule has 1 unspecified atom stereocenters. The standard InChI is InChI=1S/C27H29ClF2N4O2/c1-15-25(31)22(26(32-2)18-11-19(29)13-20(30)12-18)7-8-34(15)27(36)21-6-5-16(9-23(21)28)3-4-17-10-24(35)33-14-17/h5-6,9,11-13,15,17H,3-4,7-8,10,14,31H2,1-2H3,(H,33,35)/t15-,17?/m1/s1. The zero-order valence-electron chi connectivity index (χ0n) is 20.3. The van der Waals surface area contributed by atoms with Crippen molar-refractivity contribution in [1.29, 1.82) is 0 Å². The molecule has 2 atom stereocenters. The summed E-state index contributed by atoms with van der Waals surface area (Å²) in [6.07, 6.45) is 2.57. The van der Waals surface area contributed by atoms with Gasteiger partial charge in [0.1, 0.15) is 11.6 Å². The normalized spacial score (nSPS) is 20.6. The Bertz CT molecular complexity index is 1240. The number of hydrogen-bond acceptors (Lipinski definition) is 4. The Labute approximate surface area is 214 Å². The molecule has 3 N–H and O–H groups in total. The topological polar surface area (TPSA) is 87.8 Å². The largest absolute Gasteiger partial charge is 0.400 e. The SMILES string of the molecule is CN=C(C1=C(N)[C@@H](C)N(C(=O)c2ccc(CCC3CNC(=O)C3)cc2Cl)CC1)c1cc(F)cc(F)c1. The maximum absolute atomic E-state index is 13.8. The lowest BCUT2D eigenvalue weighted by molar-refractivity contribution is -0.119. The van der Waals surface area contributed by atoms with E-state index in [4.69, 9.17) is 17.3 Å². The van der Waals surface area contributed by atoms with Crippen LogP contribution in [0.4, 0.5) is 8.78 Å². The first-order valence-electron chi connectivity index (χ1n) is 12.0. The van der Waals surface area contributed by atoms with E-state index in [2.05, 4.69) is 10.3 Å². The molecular weight excluding hydrogens is 486 g/mol. The summed E-state index contributed by atoms with van der Waals surface area (Å²) in [6, 6.07) is 8.21. The van der Waals surface area contributed by atoms with E-state index in [1.807, 2.05) is 13.0 Å². The average Bonchev–Trinajstić information content (AvgIpc) is 3.25. The van der Waals surface area contributed by atoms with E-state index >= 15 is 0 Å². The average molecular weight is 515 g/mol. The molecule has 1 fully saturated rings. The number of carbonyl (C=O) groups is 2. The van der Waals surface area contributed by atoms with Gasteiger partial charge in [-0.2, -0.15) is 0 Å². The number of hydrogen-bond donors (Lipinski definition) is 2. The van der Waals surface area contributed by atoms with Gasteiger partial charge in [0.25, 0.3) is 5.91 Å². The number of carbonyl (C=O) groups excluding carboxylic acids is 2. The molecule has 36 heavy (non-hydrogen) atoms. The minimum atomic E-state index is -0.697. The van der Waals surface area contributed by atoms with E-state index < -0.39 is 17.7 Å². The number of nitrogens with zero attached hydrogens (tertiary/aromatic N) is 2. The molecule has 2 amide bonds. The van der Waals surface area contributed by atoms with Gasteiger partial charge >= 0.3 is 0 Å². The quantitative estimate of drug-likeness (QED) is 0.565. The fourth-order valence-corrected chi connectivity index (χ4v) is 5.22. The van der Waals surface area contributed by atoms with Crippen molar-refractivity contribution >= 4 is 29.1 Å². The lowest BCUT2D eigenvalue weighted by atomic mass is 9.91. The molecule has 6 nitrogen and oxygen atoms in total. The Morgan fingerprint density at radius 1 is 1.22 bits per heavy atom. The zero-order chi connectivity index (χ0) is 26.0. The van der Waals surface area contributed by atoms with Gasteiger partial charge in [0.15, 0.2) is 0 Å².